The Morgan fingerprint density at radius 1 is 1.00 bits per heavy atom. The number of aliphatic hydroxyl groups excluding tert-OH is 1. The van der Waals surface area contributed by atoms with Crippen LogP contribution in [0.15, 0.2) is 24.4 Å². The molecule has 2 N–H and O–H groups in total. The topological polar surface area (TPSA) is 73.8 Å². The number of anilines is 4. The van der Waals surface area contributed by atoms with Crippen molar-refractivity contribution in [3.63, 3.8) is 0 Å². The third-order valence-electron chi connectivity index (χ3n) is 5.75. The van der Waals surface area contributed by atoms with E-state index in [1.54, 1.807) is 4.90 Å². The highest BCUT2D eigenvalue weighted by molar-refractivity contribution is 5.69. The van der Waals surface area contributed by atoms with Gasteiger partial charge in [-0.1, -0.05) is 0 Å². The molecule has 0 spiro atoms. The average molecular weight is 527 g/mol. The predicted octanol–water partition coefficient (Wildman–Crippen LogP) is 4.59. The highest BCUT2D eigenvalue weighted by Crippen LogP contribution is 2.39. The van der Waals surface area contributed by atoms with Crippen molar-refractivity contribution >= 4 is 23.1 Å². The summed E-state index contributed by atoms with van der Waals surface area (Å²) in [7, 11) is 0. The molecular weight excluding hydrogens is 506 g/mol. The van der Waals surface area contributed by atoms with Crippen LogP contribution in [-0.2, 0) is 6.18 Å². The van der Waals surface area contributed by atoms with Crippen LogP contribution in [0.4, 0.5) is 58.3 Å². The molecule has 0 saturated carbocycles. The minimum absolute atomic E-state index is 0.199. The molecule has 3 heterocycles. The fourth-order valence-corrected chi connectivity index (χ4v) is 4.10. The number of hydrogen-bond donors (Lipinski definition) is 2. The van der Waals surface area contributed by atoms with E-state index >= 15 is 0 Å². The van der Waals surface area contributed by atoms with Gasteiger partial charge in [0.15, 0.2) is 18.1 Å². The number of aromatic nitrogens is 2. The predicted molar refractivity (Wildman–Crippen MR) is 113 cm³/mol. The third kappa shape index (κ3) is 5.99. The van der Waals surface area contributed by atoms with E-state index in [1.165, 1.54) is 12.1 Å². The van der Waals surface area contributed by atoms with Crippen molar-refractivity contribution in [2.45, 2.75) is 43.8 Å². The summed E-state index contributed by atoms with van der Waals surface area (Å²) in [6, 6.07) is 3.71. The van der Waals surface area contributed by atoms with Gasteiger partial charge in [-0.15, -0.1) is 13.2 Å². The molecule has 0 amide bonds. The Morgan fingerprint density at radius 2 is 1.69 bits per heavy atom. The van der Waals surface area contributed by atoms with Gasteiger partial charge in [0.2, 0.25) is 5.95 Å². The lowest BCUT2D eigenvalue weighted by atomic mass is 10.1. The maximum Gasteiger partial charge on any atom is 0.573 e. The number of nitrogens with one attached hydrogen (secondary N) is 1. The minimum atomic E-state index is -5.09. The van der Waals surface area contributed by atoms with Gasteiger partial charge >= 0.3 is 12.5 Å². The van der Waals surface area contributed by atoms with Gasteiger partial charge < -0.3 is 25.0 Å². The zero-order chi connectivity index (χ0) is 26.3. The first-order valence-corrected chi connectivity index (χ1v) is 10.9. The summed E-state index contributed by atoms with van der Waals surface area (Å²) in [6.07, 6.45) is -13.2. The maximum absolute atomic E-state index is 13.7. The molecule has 15 heteroatoms. The fourth-order valence-electron chi connectivity index (χ4n) is 4.10. The molecule has 1 unspecified atom stereocenters. The molecule has 2 fully saturated rings. The standard InChI is InChI=1S/C21H21F8N5O2/c22-14-9-34(10-15(14)23)18-13(20(24,25)26)7-30-19(32-18)31-16-4-3-11(6-17(16)36-21(27,28)29)33-5-1-2-12(35)8-33/h3-4,6-7,12,14-15,35H,1-2,5,8-10H2,(H,30,31,32)/t12?,14-,15-/m0/s1. The molecule has 0 aliphatic carbocycles. The number of rotatable bonds is 5. The number of hydrogen-bond acceptors (Lipinski definition) is 7. The summed E-state index contributed by atoms with van der Waals surface area (Å²) in [4.78, 5) is 9.68. The Kier molecular flexibility index (Phi) is 7.03. The lowest BCUT2D eigenvalue weighted by Gasteiger charge is -2.32. The summed E-state index contributed by atoms with van der Waals surface area (Å²) >= 11 is 0. The normalized spacial score (nSPS) is 23.2. The Morgan fingerprint density at radius 3 is 2.31 bits per heavy atom. The molecule has 0 radical (unpaired) electrons. The smallest absolute Gasteiger partial charge is 0.403 e. The Labute approximate surface area is 199 Å². The number of benzene rings is 1. The number of ether oxygens (including phenoxy) is 1. The minimum Gasteiger partial charge on any atom is -0.403 e. The van der Waals surface area contributed by atoms with Crippen LogP contribution in [0, 0.1) is 0 Å². The molecule has 2 aliphatic rings. The highest BCUT2D eigenvalue weighted by atomic mass is 19.4. The van der Waals surface area contributed by atoms with Crippen molar-refractivity contribution in [2.24, 2.45) is 0 Å². The van der Waals surface area contributed by atoms with Gasteiger partial charge in [-0.05, 0) is 25.0 Å². The van der Waals surface area contributed by atoms with Crippen LogP contribution >= 0.6 is 0 Å². The van der Waals surface area contributed by atoms with Gasteiger partial charge in [-0.2, -0.15) is 18.2 Å². The van der Waals surface area contributed by atoms with Crippen LogP contribution in [0.5, 0.6) is 5.75 Å². The maximum atomic E-state index is 13.7. The van der Waals surface area contributed by atoms with E-state index in [-0.39, 0.29) is 12.2 Å². The molecule has 3 atom stereocenters. The summed E-state index contributed by atoms with van der Waals surface area (Å²) in [5.41, 5.74) is -1.33. The van der Waals surface area contributed by atoms with Crippen LogP contribution in [-0.4, -0.2) is 66.1 Å². The van der Waals surface area contributed by atoms with Crippen LogP contribution in [0.2, 0.25) is 0 Å². The van der Waals surface area contributed by atoms with Gasteiger partial charge in [0.1, 0.15) is 11.4 Å². The van der Waals surface area contributed by atoms with Crippen LogP contribution in [0.1, 0.15) is 18.4 Å². The molecule has 2 aromatic rings. The molecule has 1 aromatic heterocycles. The highest BCUT2D eigenvalue weighted by Gasteiger charge is 2.41. The Hall–Kier alpha value is -3.10. The summed E-state index contributed by atoms with van der Waals surface area (Å²) in [6.45, 7) is -0.675. The first-order chi connectivity index (χ1) is 16.8. The van der Waals surface area contributed by atoms with Crippen molar-refractivity contribution in [1.29, 1.82) is 0 Å². The summed E-state index contributed by atoms with van der Waals surface area (Å²) in [5, 5.41) is 12.3. The molecule has 1 aromatic carbocycles. The third-order valence-corrected chi connectivity index (χ3v) is 5.75. The average Bonchev–Trinajstić information content (AvgIpc) is 3.11. The quantitative estimate of drug-likeness (QED) is 0.551. The van der Waals surface area contributed by atoms with Crippen LogP contribution in [0.3, 0.4) is 0 Å². The number of nitrogens with zero attached hydrogens (tertiary/aromatic N) is 4. The molecule has 0 bridgehead atoms. The lowest BCUT2D eigenvalue weighted by molar-refractivity contribution is -0.274. The Bertz CT molecular complexity index is 1070. The van der Waals surface area contributed by atoms with E-state index < -0.39 is 67.2 Å². The van der Waals surface area contributed by atoms with E-state index in [0.717, 1.165) is 11.0 Å². The van der Waals surface area contributed by atoms with E-state index in [4.69, 9.17) is 0 Å². The molecule has 2 aliphatic heterocycles. The molecule has 198 valence electrons. The van der Waals surface area contributed by atoms with E-state index in [9.17, 15) is 40.2 Å². The molecule has 4 rings (SSSR count). The van der Waals surface area contributed by atoms with Gasteiger partial charge in [0, 0.05) is 31.0 Å². The second kappa shape index (κ2) is 9.75. The second-order valence-corrected chi connectivity index (χ2v) is 8.46. The largest absolute Gasteiger partial charge is 0.573 e. The number of aliphatic hydroxyl groups is 1. The van der Waals surface area contributed by atoms with Crippen LogP contribution < -0.4 is 19.9 Å². The molecule has 36 heavy (non-hydrogen) atoms. The second-order valence-electron chi connectivity index (χ2n) is 8.46. The zero-order valence-electron chi connectivity index (χ0n) is 18.5. The number of alkyl halides is 8. The molecule has 2 saturated heterocycles. The van der Waals surface area contributed by atoms with E-state index in [1.807, 2.05) is 0 Å². The van der Waals surface area contributed by atoms with Crippen molar-refractivity contribution < 1.29 is 45.0 Å². The first-order valence-electron chi connectivity index (χ1n) is 10.9. The summed E-state index contributed by atoms with van der Waals surface area (Å²) < 4.78 is 111. The fraction of sp³-hybridized carbons (Fsp3) is 0.524. The van der Waals surface area contributed by atoms with Gasteiger partial charge in [0.05, 0.1) is 24.9 Å². The number of β-amino-alcohol motifs (C(OH)–C–C–N with tert-alkyl or cyclic N) is 1. The zero-order valence-corrected chi connectivity index (χ0v) is 18.5. The molecular formula is C21H21F8N5O2. The number of piperidine rings is 1. The van der Waals surface area contributed by atoms with E-state index in [0.29, 0.717) is 31.3 Å². The first kappa shape index (κ1) is 26.0. The van der Waals surface area contributed by atoms with Gasteiger partial charge in [-0.3, -0.25) is 0 Å². The molecule has 7 nitrogen and oxygen atoms in total. The monoisotopic (exact) mass is 527 g/mol. The lowest BCUT2D eigenvalue weighted by Crippen LogP contribution is -2.38. The van der Waals surface area contributed by atoms with Crippen molar-refractivity contribution in [3.05, 3.63) is 30.0 Å². The Balaban J connectivity index is 1.67. The van der Waals surface area contributed by atoms with Crippen molar-refractivity contribution in [2.75, 3.05) is 41.3 Å². The van der Waals surface area contributed by atoms with Crippen molar-refractivity contribution in [3.8, 4) is 5.75 Å². The van der Waals surface area contributed by atoms with Gasteiger partial charge in [-0.25, -0.2) is 13.8 Å². The summed E-state index contributed by atoms with van der Waals surface area (Å²) in [5.74, 6) is -2.05. The van der Waals surface area contributed by atoms with Crippen LogP contribution in [0.25, 0.3) is 0 Å². The van der Waals surface area contributed by atoms with E-state index in [2.05, 4.69) is 20.0 Å². The SMILES string of the molecule is OC1CCCN(c2ccc(Nc3ncc(C(F)(F)F)c(N4C[C@H](F)[C@@H](F)C4)n3)c(OC(F)(F)F)c2)C1. The van der Waals surface area contributed by atoms with Gasteiger partial charge in [0.25, 0.3) is 0 Å². The number of halogens is 8. The van der Waals surface area contributed by atoms with Crippen molar-refractivity contribution in [1.82, 2.24) is 9.97 Å².